The molecule has 2 aliphatic rings. The van der Waals surface area contributed by atoms with Crippen LogP contribution in [0.4, 0.5) is 4.79 Å². The number of fused-ring (bicyclic) bond motifs is 1. The van der Waals surface area contributed by atoms with E-state index in [1.54, 1.807) is 13.2 Å². The summed E-state index contributed by atoms with van der Waals surface area (Å²) in [5, 5.41) is 20.9. The lowest BCUT2D eigenvalue weighted by Crippen LogP contribution is -2.62. The Morgan fingerprint density at radius 3 is 2.75 bits per heavy atom. The first-order valence-corrected chi connectivity index (χ1v) is 9.67. The van der Waals surface area contributed by atoms with Gasteiger partial charge in [-0.2, -0.15) is 5.26 Å². The topological polar surface area (TPSA) is 88.9 Å². The van der Waals surface area contributed by atoms with Gasteiger partial charge in [-0.1, -0.05) is 26.8 Å². The van der Waals surface area contributed by atoms with Crippen LogP contribution in [0.2, 0.25) is 0 Å². The molecule has 0 N–H and O–H groups in total. The molecule has 7 heteroatoms. The third-order valence-corrected chi connectivity index (χ3v) is 5.76. The maximum Gasteiger partial charge on any atom is 0.140 e. The van der Waals surface area contributed by atoms with Crippen molar-refractivity contribution >= 4 is 6.09 Å². The molecular weight excluding hydrogens is 358 g/mol. The van der Waals surface area contributed by atoms with Gasteiger partial charge in [-0.3, -0.25) is 4.90 Å². The third-order valence-electron chi connectivity index (χ3n) is 5.76. The van der Waals surface area contributed by atoms with E-state index in [4.69, 9.17) is 9.47 Å². The van der Waals surface area contributed by atoms with E-state index < -0.39 is 6.09 Å². The standard InChI is InChI=1S/C21H29N3O4/c1-21(2,3)18-13-23(8-9-24(18)20(25)26)12-17-15-6-5-14(11-22)19(27-4)16(15)7-10-28-17/h5-6,17-18H,7-10,12-13H2,1-4H3,(H,25,26)/p-1. The minimum Gasteiger partial charge on any atom is -0.530 e. The number of carboxylic acid groups (broad SMARTS) is 1. The van der Waals surface area contributed by atoms with Crippen LogP contribution < -0.4 is 9.84 Å². The van der Waals surface area contributed by atoms with Crippen LogP contribution in [0.5, 0.6) is 5.75 Å². The molecule has 7 nitrogen and oxygen atoms in total. The fourth-order valence-electron chi connectivity index (χ4n) is 4.27. The second-order valence-electron chi connectivity index (χ2n) is 8.54. The molecule has 0 spiro atoms. The molecule has 3 rings (SSSR count). The molecule has 2 unspecified atom stereocenters. The highest BCUT2D eigenvalue weighted by Crippen LogP contribution is 2.37. The van der Waals surface area contributed by atoms with Crippen molar-refractivity contribution in [3.8, 4) is 11.8 Å². The van der Waals surface area contributed by atoms with E-state index in [1.165, 1.54) is 4.90 Å². The lowest BCUT2D eigenvalue weighted by molar-refractivity contribution is -0.272. The lowest BCUT2D eigenvalue weighted by Gasteiger charge is -2.49. The zero-order chi connectivity index (χ0) is 20.5. The van der Waals surface area contributed by atoms with Crippen molar-refractivity contribution in [3.05, 3.63) is 28.8 Å². The van der Waals surface area contributed by atoms with E-state index >= 15 is 0 Å². The van der Waals surface area contributed by atoms with Crippen LogP contribution >= 0.6 is 0 Å². The van der Waals surface area contributed by atoms with Crippen molar-refractivity contribution in [3.63, 3.8) is 0 Å². The van der Waals surface area contributed by atoms with Crippen molar-refractivity contribution in [2.45, 2.75) is 39.3 Å². The van der Waals surface area contributed by atoms with Crippen LogP contribution in [0.3, 0.4) is 0 Å². The monoisotopic (exact) mass is 386 g/mol. The number of hydrogen-bond donors (Lipinski definition) is 0. The number of hydrogen-bond acceptors (Lipinski definition) is 6. The molecule has 0 saturated carbocycles. The van der Waals surface area contributed by atoms with E-state index in [2.05, 4.69) is 31.7 Å². The van der Waals surface area contributed by atoms with Crippen LogP contribution in [-0.4, -0.2) is 61.8 Å². The molecule has 2 aliphatic heterocycles. The molecule has 0 aliphatic carbocycles. The van der Waals surface area contributed by atoms with Gasteiger partial charge in [-0.15, -0.1) is 0 Å². The maximum atomic E-state index is 11.5. The Balaban J connectivity index is 1.81. The second kappa shape index (κ2) is 7.98. The highest BCUT2D eigenvalue weighted by molar-refractivity contribution is 5.63. The van der Waals surface area contributed by atoms with Crippen LogP contribution in [0, 0.1) is 16.7 Å². The Kier molecular flexibility index (Phi) is 5.82. The van der Waals surface area contributed by atoms with Crippen molar-refractivity contribution in [2.75, 3.05) is 39.9 Å². The summed E-state index contributed by atoms with van der Waals surface area (Å²) in [6.45, 7) is 9.12. The van der Waals surface area contributed by atoms with Gasteiger partial charge in [0.2, 0.25) is 0 Å². The fraction of sp³-hybridized carbons (Fsp3) is 0.619. The first-order chi connectivity index (χ1) is 13.3. The predicted octanol–water partition coefficient (Wildman–Crippen LogP) is 1.56. The number of amides is 1. The first kappa shape index (κ1) is 20.4. The molecule has 1 saturated heterocycles. The summed E-state index contributed by atoms with van der Waals surface area (Å²) in [5.41, 5.74) is 2.45. The minimum atomic E-state index is -1.10. The Morgan fingerprint density at radius 2 is 2.14 bits per heavy atom. The molecule has 1 aromatic rings. The predicted molar refractivity (Wildman–Crippen MR) is 102 cm³/mol. The van der Waals surface area contributed by atoms with E-state index in [9.17, 15) is 15.2 Å². The van der Waals surface area contributed by atoms with Crippen molar-refractivity contribution in [2.24, 2.45) is 5.41 Å². The summed E-state index contributed by atoms with van der Waals surface area (Å²) >= 11 is 0. The van der Waals surface area contributed by atoms with Crippen molar-refractivity contribution < 1.29 is 19.4 Å². The average molecular weight is 386 g/mol. The Hall–Kier alpha value is -2.30. The normalized spacial score (nSPS) is 23.0. The molecule has 0 aromatic heterocycles. The summed E-state index contributed by atoms with van der Waals surface area (Å²) in [6, 6.07) is 5.79. The first-order valence-electron chi connectivity index (χ1n) is 9.67. The SMILES string of the molecule is COc1c(C#N)ccc2c1CCOC2CN1CCN(C(=O)[O-])C(C(C)(C)C)C1. The summed E-state index contributed by atoms with van der Waals surface area (Å²) in [6.07, 6.45) is -0.513. The van der Waals surface area contributed by atoms with Gasteiger partial charge >= 0.3 is 0 Å². The Bertz CT molecular complexity index is 781. The van der Waals surface area contributed by atoms with E-state index in [-0.39, 0.29) is 17.6 Å². The van der Waals surface area contributed by atoms with Crippen LogP contribution in [-0.2, 0) is 11.2 Å². The van der Waals surface area contributed by atoms with Gasteiger partial charge in [0.25, 0.3) is 0 Å². The Labute approximate surface area is 166 Å². The molecule has 1 aromatic carbocycles. The van der Waals surface area contributed by atoms with Gasteiger partial charge in [-0.25, -0.2) is 0 Å². The molecule has 28 heavy (non-hydrogen) atoms. The van der Waals surface area contributed by atoms with Gasteiger partial charge < -0.3 is 24.3 Å². The number of nitrogens with zero attached hydrogens (tertiary/aromatic N) is 3. The molecule has 152 valence electrons. The van der Waals surface area contributed by atoms with Crippen LogP contribution in [0.15, 0.2) is 12.1 Å². The number of benzene rings is 1. The zero-order valence-corrected chi connectivity index (χ0v) is 17.0. The smallest absolute Gasteiger partial charge is 0.140 e. The molecule has 2 heterocycles. The quantitative estimate of drug-likeness (QED) is 0.783. The van der Waals surface area contributed by atoms with Gasteiger partial charge in [0.05, 0.1) is 25.4 Å². The fourth-order valence-corrected chi connectivity index (χ4v) is 4.27. The van der Waals surface area contributed by atoms with Crippen LogP contribution in [0.1, 0.15) is 43.6 Å². The van der Waals surface area contributed by atoms with Gasteiger partial charge in [0, 0.05) is 37.8 Å². The van der Waals surface area contributed by atoms with Gasteiger partial charge in [0.15, 0.2) is 0 Å². The average Bonchev–Trinajstić information content (AvgIpc) is 2.66. The number of methoxy groups -OCH3 is 1. The number of rotatable bonds is 3. The van der Waals surface area contributed by atoms with Crippen molar-refractivity contribution in [1.29, 1.82) is 5.26 Å². The zero-order valence-electron chi connectivity index (χ0n) is 17.0. The van der Waals surface area contributed by atoms with E-state index in [0.717, 1.165) is 11.1 Å². The summed E-state index contributed by atoms with van der Waals surface area (Å²) in [4.78, 5) is 15.3. The van der Waals surface area contributed by atoms with E-state index in [0.29, 0.717) is 50.5 Å². The Morgan fingerprint density at radius 1 is 1.39 bits per heavy atom. The summed E-state index contributed by atoms with van der Waals surface area (Å²) in [5.74, 6) is 0.641. The second-order valence-corrected chi connectivity index (χ2v) is 8.54. The number of nitriles is 1. The van der Waals surface area contributed by atoms with E-state index in [1.807, 2.05) is 6.07 Å². The summed E-state index contributed by atoms with van der Waals surface area (Å²) < 4.78 is 11.6. The van der Waals surface area contributed by atoms with Gasteiger partial charge in [0.1, 0.15) is 17.9 Å². The highest BCUT2D eigenvalue weighted by atomic mass is 16.5. The third kappa shape index (κ3) is 3.94. The number of carbonyl (C=O) groups excluding carboxylic acids is 1. The molecule has 2 atom stereocenters. The van der Waals surface area contributed by atoms with Crippen molar-refractivity contribution in [1.82, 2.24) is 9.80 Å². The molecular formula is C21H28N3O4-. The molecule has 0 radical (unpaired) electrons. The molecule has 0 bridgehead atoms. The number of carbonyl (C=O) groups is 1. The van der Waals surface area contributed by atoms with Crippen LogP contribution in [0.25, 0.3) is 0 Å². The summed E-state index contributed by atoms with van der Waals surface area (Å²) in [7, 11) is 1.59. The lowest BCUT2D eigenvalue weighted by atomic mass is 9.84. The number of piperazine rings is 1. The highest BCUT2D eigenvalue weighted by Gasteiger charge is 2.37. The largest absolute Gasteiger partial charge is 0.530 e. The molecule has 1 fully saturated rings. The maximum absolute atomic E-state index is 11.5. The number of ether oxygens (including phenoxy) is 2. The van der Waals surface area contributed by atoms with Gasteiger partial charge in [-0.05, 0) is 23.5 Å². The molecule has 1 amide bonds. The minimum absolute atomic E-state index is 0.125.